The molecule has 9 heteroatoms. The van der Waals surface area contributed by atoms with Crippen LogP contribution in [0.25, 0.3) is 5.57 Å². The third kappa shape index (κ3) is 2.92. The zero-order valence-corrected chi connectivity index (χ0v) is 11.8. The maximum atomic E-state index is 12.8. The van der Waals surface area contributed by atoms with E-state index in [-0.39, 0.29) is 23.3 Å². The van der Waals surface area contributed by atoms with Crippen molar-refractivity contribution in [2.24, 2.45) is 0 Å². The minimum Gasteiger partial charge on any atom is -0.480 e. The molecule has 1 aliphatic rings. The SMILES string of the molecule is CNc1nc(C2=CC(=O)CC2)nc(OC)c1C(=N)C(F)(F)F. The van der Waals surface area contributed by atoms with Gasteiger partial charge >= 0.3 is 6.18 Å². The van der Waals surface area contributed by atoms with Crippen molar-refractivity contribution in [1.29, 1.82) is 5.41 Å². The number of ether oxygens (including phenoxy) is 1. The number of nitrogens with one attached hydrogen (secondary N) is 2. The van der Waals surface area contributed by atoms with Gasteiger partial charge in [-0.3, -0.25) is 10.2 Å². The Morgan fingerprint density at radius 1 is 1.36 bits per heavy atom. The minimum atomic E-state index is -4.85. The lowest BCUT2D eigenvalue weighted by Gasteiger charge is -2.16. The highest BCUT2D eigenvalue weighted by Gasteiger charge is 2.39. The lowest BCUT2D eigenvalue weighted by molar-refractivity contribution is -0.114. The fraction of sp³-hybridized carbons (Fsp3) is 0.385. The summed E-state index contributed by atoms with van der Waals surface area (Å²) in [5.41, 5.74) is -1.63. The van der Waals surface area contributed by atoms with E-state index >= 15 is 0 Å². The Kier molecular flexibility index (Phi) is 4.16. The molecule has 1 aliphatic carbocycles. The number of rotatable bonds is 4. The molecule has 1 aromatic rings. The predicted octanol–water partition coefficient (Wildman–Crippen LogP) is 2.20. The summed E-state index contributed by atoms with van der Waals surface area (Å²) in [6, 6.07) is 0. The third-order valence-electron chi connectivity index (χ3n) is 3.10. The summed E-state index contributed by atoms with van der Waals surface area (Å²) in [6.07, 6.45) is -2.76. The molecule has 0 spiro atoms. The van der Waals surface area contributed by atoms with Crippen LogP contribution < -0.4 is 10.1 Å². The number of ketones is 1. The number of carbonyl (C=O) groups excluding carboxylic acids is 1. The first kappa shape index (κ1) is 15.9. The number of alkyl halides is 3. The number of methoxy groups -OCH3 is 1. The Bertz CT molecular complexity index is 643. The van der Waals surface area contributed by atoms with Gasteiger partial charge in [0.15, 0.2) is 17.3 Å². The van der Waals surface area contributed by atoms with E-state index in [0.29, 0.717) is 18.4 Å². The van der Waals surface area contributed by atoms with Crippen molar-refractivity contribution in [2.75, 3.05) is 19.5 Å². The molecule has 0 bridgehead atoms. The second-order valence-corrected chi connectivity index (χ2v) is 4.54. The van der Waals surface area contributed by atoms with Gasteiger partial charge in [-0.05, 0) is 12.5 Å². The van der Waals surface area contributed by atoms with Crippen LogP contribution in [0.1, 0.15) is 24.2 Å². The van der Waals surface area contributed by atoms with Crippen LogP contribution in [0.3, 0.4) is 0 Å². The first-order valence-electron chi connectivity index (χ1n) is 6.31. The minimum absolute atomic E-state index is 0.0873. The van der Waals surface area contributed by atoms with Crippen LogP contribution in [0.15, 0.2) is 6.08 Å². The molecular weight excluding hydrogens is 301 g/mol. The number of aromatic nitrogens is 2. The third-order valence-corrected chi connectivity index (χ3v) is 3.10. The highest BCUT2D eigenvalue weighted by atomic mass is 19.4. The summed E-state index contributed by atoms with van der Waals surface area (Å²) in [5, 5.41) is 9.80. The highest BCUT2D eigenvalue weighted by molar-refractivity contribution is 6.08. The fourth-order valence-corrected chi connectivity index (χ4v) is 2.05. The second-order valence-electron chi connectivity index (χ2n) is 4.54. The summed E-state index contributed by atoms with van der Waals surface area (Å²) in [7, 11) is 2.54. The number of halogens is 3. The van der Waals surface area contributed by atoms with Crippen LogP contribution in [0.5, 0.6) is 5.88 Å². The topological polar surface area (TPSA) is 88.0 Å². The lowest BCUT2D eigenvalue weighted by Crippen LogP contribution is -2.25. The fourth-order valence-electron chi connectivity index (χ4n) is 2.05. The van der Waals surface area contributed by atoms with Crippen molar-refractivity contribution < 1.29 is 22.7 Å². The first-order chi connectivity index (χ1) is 10.3. The Morgan fingerprint density at radius 2 is 2.05 bits per heavy atom. The van der Waals surface area contributed by atoms with E-state index in [4.69, 9.17) is 10.1 Å². The van der Waals surface area contributed by atoms with E-state index in [9.17, 15) is 18.0 Å². The number of hydrogen-bond donors (Lipinski definition) is 2. The zero-order chi connectivity index (χ0) is 16.5. The first-order valence-corrected chi connectivity index (χ1v) is 6.31. The zero-order valence-electron chi connectivity index (χ0n) is 11.8. The molecule has 1 aromatic heterocycles. The molecule has 2 N–H and O–H groups in total. The molecule has 6 nitrogen and oxygen atoms in total. The predicted molar refractivity (Wildman–Crippen MR) is 73.2 cm³/mol. The van der Waals surface area contributed by atoms with Gasteiger partial charge in [-0.1, -0.05) is 0 Å². The molecule has 0 atom stereocenters. The molecule has 0 fully saturated rings. The largest absolute Gasteiger partial charge is 0.480 e. The molecule has 0 saturated heterocycles. The molecule has 0 aromatic carbocycles. The molecule has 22 heavy (non-hydrogen) atoms. The van der Waals surface area contributed by atoms with Crippen LogP contribution in [-0.2, 0) is 4.79 Å². The molecule has 0 radical (unpaired) electrons. The van der Waals surface area contributed by atoms with Gasteiger partial charge in [-0.25, -0.2) is 4.98 Å². The van der Waals surface area contributed by atoms with Gasteiger partial charge < -0.3 is 10.1 Å². The molecule has 0 saturated carbocycles. The van der Waals surface area contributed by atoms with Crippen LogP contribution in [0, 0.1) is 5.41 Å². The number of anilines is 1. The second kappa shape index (κ2) is 5.74. The smallest absolute Gasteiger partial charge is 0.433 e. The lowest BCUT2D eigenvalue weighted by atomic mass is 10.1. The van der Waals surface area contributed by atoms with Gasteiger partial charge in [0, 0.05) is 19.0 Å². The van der Waals surface area contributed by atoms with Crippen LogP contribution in [-0.4, -0.2) is 41.8 Å². The molecule has 2 rings (SSSR count). The Balaban J connectivity index is 2.59. The summed E-state index contributed by atoms with van der Waals surface area (Å²) in [5.74, 6) is -0.511. The summed E-state index contributed by atoms with van der Waals surface area (Å²) < 4.78 is 43.3. The summed E-state index contributed by atoms with van der Waals surface area (Å²) >= 11 is 0. The monoisotopic (exact) mass is 314 g/mol. The summed E-state index contributed by atoms with van der Waals surface area (Å²) in [6.45, 7) is 0. The van der Waals surface area contributed by atoms with Crippen molar-refractivity contribution in [3.05, 3.63) is 17.5 Å². The van der Waals surface area contributed by atoms with Gasteiger partial charge in [0.05, 0.1) is 7.11 Å². The maximum Gasteiger partial charge on any atom is 0.433 e. The van der Waals surface area contributed by atoms with E-state index in [1.807, 2.05) is 0 Å². The van der Waals surface area contributed by atoms with Crippen molar-refractivity contribution in [3.63, 3.8) is 0 Å². The van der Waals surface area contributed by atoms with Crippen molar-refractivity contribution in [3.8, 4) is 5.88 Å². The number of allylic oxidation sites excluding steroid dienone is 2. The van der Waals surface area contributed by atoms with Gasteiger partial charge in [0.2, 0.25) is 5.88 Å². The van der Waals surface area contributed by atoms with E-state index < -0.39 is 17.5 Å². The Labute approximate surface area is 123 Å². The average molecular weight is 314 g/mol. The molecule has 1 heterocycles. The molecule has 118 valence electrons. The Hall–Kier alpha value is -2.45. The van der Waals surface area contributed by atoms with Crippen LogP contribution in [0.2, 0.25) is 0 Å². The highest BCUT2D eigenvalue weighted by Crippen LogP contribution is 2.33. The van der Waals surface area contributed by atoms with Gasteiger partial charge in [0.25, 0.3) is 0 Å². The molecular formula is C13H13F3N4O2. The average Bonchev–Trinajstić information content (AvgIpc) is 2.90. The number of carbonyl (C=O) groups is 1. The molecule has 0 amide bonds. The van der Waals surface area contributed by atoms with Gasteiger partial charge in [0.1, 0.15) is 11.4 Å². The quantitative estimate of drug-likeness (QED) is 0.832. The van der Waals surface area contributed by atoms with Crippen LogP contribution >= 0.6 is 0 Å². The number of hydrogen-bond acceptors (Lipinski definition) is 6. The standard InChI is InChI=1S/C13H13F3N4O2/c1-18-11-8(9(17)13(14,15)16)12(22-2)20-10(19-11)6-3-4-7(21)5-6/h5,17H,3-4H2,1-2H3,(H,18,19,20). The van der Waals surface area contributed by atoms with Gasteiger partial charge in [-0.15, -0.1) is 0 Å². The normalized spacial score (nSPS) is 14.8. The van der Waals surface area contributed by atoms with Crippen molar-refractivity contribution in [1.82, 2.24) is 9.97 Å². The van der Waals surface area contributed by atoms with E-state index in [1.54, 1.807) is 0 Å². The summed E-state index contributed by atoms with van der Waals surface area (Å²) in [4.78, 5) is 19.2. The van der Waals surface area contributed by atoms with Crippen molar-refractivity contribution in [2.45, 2.75) is 19.0 Å². The molecule has 0 unspecified atom stereocenters. The maximum absolute atomic E-state index is 12.8. The van der Waals surface area contributed by atoms with Crippen LogP contribution in [0.4, 0.5) is 19.0 Å². The van der Waals surface area contributed by atoms with Crippen molar-refractivity contribution >= 4 is 22.9 Å². The van der Waals surface area contributed by atoms with E-state index in [2.05, 4.69) is 15.3 Å². The van der Waals surface area contributed by atoms with E-state index in [1.165, 1.54) is 13.1 Å². The molecule has 0 aliphatic heterocycles. The Morgan fingerprint density at radius 3 is 2.50 bits per heavy atom. The number of nitrogens with zero attached hydrogens (tertiary/aromatic N) is 2. The van der Waals surface area contributed by atoms with E-state index in [0.717, 1.165) is 7.11 Å². The van der Waals surface area contributed by atoms with Gasteiger partial charge in [-0.2, -0.15) is 18.2 Å².